The molecule has 6 heteroatoms. The Hall–Kier alpha value is -0.780. The number of carboxylic acid groups (broad SMARTS) is 1. The summed E-state index contributed by atoms with van der Waals surface area (Å²) < 4.78 is 36.7. The van der Waals surface area contributed by atoms with Gasteiger partial charge in [0.2, 0.25) is 0 Å². The summed E-state index contributed by atoms with van der Waals surface area (Å²) in [5.41, 5.74) is 0. The first-order valence-electron chi connectivity index (χ1n) is 4.38. The first-order chi connectivity index (χ1) is 6.32. The average Bonchev–Trinajstić information content (AvgIpc) is 2.01. The number of aliphatic carboxylic acids is 1. The number of carboxylic acids is 1. The fourth-order valence-electron chi connectivity index (χ4n) is 1.71. The lowest BCUT2D eigenvalue weighted by molar-refractivity contribution is -0.170. The van der Waals surface area contributed by atoms with Crippen LogP contribution in [0.1, 0.15) is 19.8 Å². The highest BCUT2D eigenvalue weighted by molar-refractivity contribution is 5.71. The molecule has 82 valence electrons. The van der Waals surface area contributed by atoms with Crippen molar-refractivity contribution >= 4 is 5.97 Å². The number of rotatable bonds is 1. The lowest BCUT2D eigenvalue weighted by Crippen LogP contribution is -2.54. The van der Waals surface area contributed by atoms with E-state index in [-0.39, 0.29) is 12.8 Å². The number of nitrogens with one attached hydrogen (secondary N) is 1. The van der Waals surface area contributed by atoms with Crippen molar-refractivity contribution in [2.24, 2.45) is 5.92 Å². The molecule has 0 aromatic heterocycles. The summed E-state index contributed by atoms with van der Waals surface area (Å²) in [5.74, 6) is -1.75. The third-order valence-corrected chi connectivity index (χ3v) is 2.55. The first-order valence-corrected chi connectivity index (χ1v) is 4.38. The summed E-state index contributed by atoms with van der Waals surface area (Å²) in [6.45, 7) is 1.47. The number of alkyl halides is 3. The minimum atomic E-state index is -4.28. The van der Waals surface area contributed by atoms with E-state index in [0.717, 1.165) is 0 Å². The predicted molar refractivity (Wildman–Crippen MR) is 42.8 cm³/mol. The number of piperidine rings is 1. The van der Waals surface area contributed by atoms with Crippen molar-refractivity contribution in [3.8, 4) is 0 Å². The van der Waals surface area contributed by atoms with E-state index in [4.69, 9.17) is 5.11 Å². The molecular weight excluding hydrogens is 199 g/mol. The molecule has 0 bridgehead atoms. The van der Waals surface area contributed by atoms with E-state index in [9.17, 15) is 18.0 Å². The SMILES string of the molecule is C[C@@H]1N[C@@H](C(F)(F)F)CC[C@@H]1C(=O)O. The Bertz CT molecular complexity index is 229. The lowest BCUT2D eigenvalue weighted by atomic mass is 9.88. The normalized spacial score (nSPS) is 34.1. The minimum Gasteiger partial charge on any atom is -0.481 e. The summed E-state index contributed by atoms with van der Waals surface area (Å²) in [6.07, 6.45) is -4.36. The molecule has 14 heavy (non-hydrogen) atoms. The van der Waals surface area contributed by atoms with Gasteiger partial charge < -0.3 is 10.4 Å². The monoisotopic (exact) mass is 211 g/mol. The van der Waals surface area contributed by atoms with Crippen LogP contribution in [0.25, 0.3) is 0 Å². The van der Waals surface area contributed by atoms with E-state index in [0.29, 0.717) is 0 Å². The molecular formula is C8H12F3NO2. The summed E-state index contributed by atoms with van der Waals surface area (Å²) in [7, 11) is 0. The van der Waals surface area contributed by atoms with Gasteiger partial charge >= 0.3 is 12.1 Å². The maximum atomic E-state index is 12.2. The number of carbonyl (C=O) groups is 1. The van der Waals surface area contributed by atoms with Gasteiger partial charge in [-0.1, -0.05) is 0 Å². The van der Waals surface area contributed by atoms with Crippen molar-refractivity contribution in [3.63, 3.8) is 0 Å². The molecule has 1 aliphatic heterocycles. The fourth-order valence-corrected chi connectivity index (χ4v) is 1.71. The van der Waals surface area contributed by atoms with Crippen LogP contribution in [0.15, 0.2) is 0 Å². The van der Waals surface area contributed by atoms with Crippen LogP contribution < -0.4 is 5.32 Å². The van der Waals surface area contributed by atoms with Crippen molar-refractivity contribution in [1.82, 2.24) is 5.32 Å². The summed E-state index contributed by atoms with van der Waals surface area (Å²) in [6, 6.07) is -2.19. The third-order valence-electron chi connectivity index (χ3n) is 2.55. The summed E-state index contributed by atoms with van der Waals surface area (Å²) in [4.78, 5) is 10.6. The fraction of sp³-hybridized carbons (Fsp3) is 0.875. The molecule has 0 saturated carbocycles. The number of halogens is 3. The molecule has 1 heterocycles. The minimum absolute atomic E-state index is 0.0771. The van der Waals surface area contributed by atoms with Crippen molar-refractivity contribution in [2.75, 3.05) is 0 Å². The van der Waals surface area contributed by atoms with Crippen LogP contribution in [0, 0.1) is 5.92 Å². The smallest absolute Gasteiger partial charge is 0.403 e. The topological polar surface area (TPSA) is 49.3 Å². The van der Waals surface area contributed by atoms with Gasteiger partial charge in [-0.25, -0.2) is 0 Å². The number of hydrogen-bond donors (Lipinski definition) is 2. The van der Waals surface area contributed by atoms with Crippen LogP contribution in [0.5, 0.6) is 0 Å². The summed E-state index contributed by atoms with van der Waals surface area (Å²) in [5, 5.41) is 11.0. The van der Waals surface area contributed by atoms with Crippen LogP contribution in [0.2, 0.25) is 0 Å². The van der Waals surface area contributed by atoms with Gasteiger partial charge in [-0.05, 0) is 19.8 Å². The van der Waals surface area contributed by atoms with Crippen LogP contribution in [-0.4, -0.2) is 29.3 Å². The second kappa shape index (κ2) is 3.76. The van der Waals surface area contributed by atoms with E-state index in [1.54, 1.807) is 0 Å². The van der Waals surface area contributed by atoms with Gasteiger partial charge in [0.25, 0.3) is 0 Å². The van der Waals surface area contributed by atoms with Crippen LogP contribution in [0.3, 0.4) is 0 Å². The van der Waals surface area contributed by atoms with Gasteiger partial charge in [0.05, 0.1) is 5.92 Å². The second-order valence-electron chi connectivity index (χ2n) is 3.57. The number of hydrogen-bond acceptors (Lipinski definition) is 2. The van der Waals surface area contributed by atoms with Crippen LogP contribution in [0.4, 0.5) is 13.2 Å². The molecule has 0 aromatic carbocycles. The Labute approximate surface area is 79.3 Å². The Morgan fingerprint density at radius 3 is 2.36 bits per heavy atom. The quantitative estimate of drug-likeness (QED) is 0.689. The predicted octanol–water partition coefficient (Wildman–Crippen LogP) is 1.39. The largest absolute Gasteiger partial charge is 0.481 e. The molecule has 0 radical (unpaired) electrons. The van der Waals surface area contributed by atoms with Crippen LogP contribution >= 0.6 is 0 Å². The van der Waals surface area contributed by atoms with Crippen molar-refractivity contribution in [3.05, 3.63) is 0 Å². The molecule has 3 atom stereocenters. The van der Waals surface area contributed by atoms with Gasteiger partial charge in [0.1, 0.15) is 6.04 Å². The standard InChI is InChI=1S/C8H12F3NO2/c1-4-5(7(13)14)2-3-6(12-4)8(9,10)11/h4-6,12H,2-3H2,1H3,(H,13,14)/t4-,5-,6+/m0/s1. The lowest BCUT2D eigenvalue weighted by Gasteiger charge is -2.34. The molecule has 1 saturated heterocycles. The molecule has 0 amide bonds. The maximum absolute atomic E-state index is 12.2. The second-order valence-corrected chi connectivity index (χ2v) is 3.57. The summed E-state index contributed by atoms with van der Waals surface area (Å²) >= 11 is 0. The maximum Gasteiger partial charge on any atom is 0.403 e. The molecule has 0 aromatic rings. The molecule has 3 nitrogen and oxygen atoms in total. The Morgan fingerprint density at radius 2 is 2.00 bits per heavy atom. The zero-order valence-corrected chi connectivity index (χ0v) is 7.64. The highest BCUT2D eigenvalue weighted by Gasteiger charge is 2.44. The zero-order chi connectivity index (χ0) is 10.9. The molecule has 0 unspecified atom stereocenters. The molecule has 1 rings (SSSR count). The highest BCUT2D eigenvalue weighted by atomic mass is 19.4. The van der Waals surface area contributed by atoms with Gasteiger partial charge in [-0.15, -0.1) is 0 Å². The zero-order valence-electron chi connectivity index (χ0n) is 7.64. The van der Waals surface area contributed by atoms with Gasteiger partial charge in [0.15, 0.2) is 0 Å². The molecule has 2 N–H and O–H groups in total. The van der Waals surface area contributed by atoms with Gasteiger partial charge in [-0.2, -0.15) is 13.2 Å². The van der Waals surface area contributed by atoms with E-state index in [2.05, 4.69) is 5.32 Å². The Kier molecular flexibility index (Phi) is 3.04. The van der Waals surface area contributed by atoms with Gasteiger partial charge in [0, 0.05) is 6.04 Å². The van der Waals surface area contributed by atoms with Gasteiger partial charge in [-0.3, -0.25) is 4.79 Å². The van der Waals surface area contributed by atoms with E-state index < -0.39 is 30.1 Å². The third kappa shape index (κ3) is 2.37. The molecule has 0 spiro atoms. The van der Waals surface area contributed by atoms with Crippen LogP contribution in [-0.2, 0) is 4.79 Å². The molecule has 1 aliphatic rings. The van der Waals surface area contributed by atoms with Crippen molar-refractivity contribution < 1.29 is 23.1 Å². The molecule has 1 fully saturated rings. The molecule has 0 aliphatic carbocycles. The average molecular weight is 211 g/mol. The Morgan fingerprint density at radius 1 is 1.43 bits per heavy atom. The first kappa shape index (κ1) is 11.3. The van der Waals surface area contributed by atoms with E-state index in [1.165, 1.54) is 6.92 Å². The van der Waals surface area contributed by atoms with E-state index in [1.807, 2.05) is 0 Å². The highest BCUT2D eigenvalue weighted by Crippen LogP contribution is 2.30. The Balaban J connectivity index is 2.60. The van der Waals surface area contributed by atoms with Crippen molar-refractivity contribution in [1.29, 1.82) is 0 Å². The van der Waals surface area contributed by atoms with Crippen molar-refractivity contribution in [2.45, 2.75) is 38.0 Å². The van der Waals surface area contributed by atoms with E-state index >= 15 is 0 Å².